The molecular weight excluding hydrogens is 338 g/mol. The zero-order valence-electron chi connectivity index (χ0n) is 17.0. The fourth-order valence-electron chi connectivity index (χ4n) is 5.33. The highest BCUT2D eigenvalue weighted by molar-refractivity contribution is 5.83. The van der Waals surface area contributed by atoms with Gasteiger partial charge in [-0.25, -0.2) is 0 Å². The molecule has 1 fully saturated rings. The smallest absolute Gasteiger partial charge is 0.0419 e. The highest BCUT2D eigenvalue weighted by atomic mass is 14.9. The number of nitrogens with one attached hydrogen (secondary N) is 1. The predicted molar refractivity (Wildman–Crippen MR) is 120 cm³/mol. The van der Waals surface area contributed by atoms with E-state index in [1.54, 1.807) is 0 Å². The third kappa shape index (κ3) is 2.85. The Morgan fingerprint density at radius 3 is 2.32 bits per heavy atom. The van der Waals surface area contributed by atoms with Gasteiger partial charge in [0.15, 0.2) is 0 Å². The van der Waals surface area contributed by atoms with Crippen LogP contribution in [0.2, 0.25) is 0 Å². The molecule has 142 valence electrons. The highest BCUT2D eigenvalue weighted by Gasteiger charge is 2.35. The van der Waals surface area contributed by atoms with E-state index in [-0.39, 0.29) is 5.41 Å². The summed E-state index contributed by atoms with van der Waals surface area (Å²) < 4.78 is 0. The van der Waals surface area contributed by atoms with Gasteiger partial charge in [-0.2, -0.15) is 0 Å². The van der Waals surface area contributed by atoms with Gasteiger partial charge in [0.05, 0.1) is 0 Å². The van der Waals surface area contributed by atoms with Crippen LogP contribution in [0, 0.1) is 0 Å². The van der Waals surface area contributed by atoms with Gasteiger partial charge < -0.3 is 5.32 Å². The molecule has 0 atom stereocenters. The van der Waals surface area contributed by atoms with Crippen molar-refractivity contribution in [1.29, 1.82) is 0 Å². The summed E-state index contributed by atoms with van der Waals surface area (Å²) in [5.74, 6) is 0.700. The molecule has 0 aromatic heterocycles. The van der Waals surface area contributed by atoms with E-state index in [1.165, 1.54) is 71.3 Å². The Bertz CT molecular complexity index is 1010. The molecule has 0 saturated heterocycles. The molecule has 3 aromatic carbocycles. The summed E-state index contributed by atoms with van der Waals surface area (Å²) in [6, 6.07) is 24.7. The minimum Gasteiger partial charge on any atom is -0.355 e. The van der Waals surface area contributed by atoms with E-state index >= 15 is 0 Å². The molecule has 0 spiro atoms. The molecule has 5 rings (SSSR count). The molecular formula is C27H29N. The third-order valence-electron chi connectivity index (χ3n) is 6.87. The zero-order chi connectivity index (χ0) is 19.1. The van der Waals surface area contributed by atoms with Crippen LogP contribution < -0.4 is 5.32 Å². The van der Waals surface area contributed by atoms with Crippen molar-refractivity contribution in [3.8, 4) is 11.1 Å². The molecule has 3 aromatic rings. The van der Waals surface area contributed by atoms with Gasteiger partial charge in [-0.05, 0) is 64.8 Å². The van der Waals surface area contributed by atoms with E-state index in [0.717, 1.165) is 0 Å². The first-order valence-electron chi connectivity index (χ1n) is 10.7. The van der Waals surface area contributed by atoms with Crippen molar-refractivity contribution in [2.24, 2.45) is 0 Å². The largest absolute Gasteiger partial charge is 0.355 e. The van der Waals surface area contributed by atoms with E-state index in [2.05, 4.69) is 85.9 Å². The molecule has 1 saturated carbocycles. The van der Waals surface area contributed by atoms with Crippen molar-refractivity contribution in [3.63, 3.8) is 0 Å². The number of benzene rings is 3. The Kier molecular flexibility index (Phi) is 4.27. The summed E-state index contributed by atoms with van der Waals surface area (Å²) in [4.78, 5) is 0. The molecule has 2 aliphatic carbocycles. The van der Waals surface area contributed by atoms with Gasteiger partial charge in [-0.15, -0.1) is 0 Å². The molecule has 1 nitrogen and oxygen atoms in total. The summed E-state index contributed by atoms with van der Waals surface area (Å²) in [6.07, 6.45) is 6.77. The lowest BCUT2D eigenvalue weighted by molar-refractivity contribution is 0.444. The minimum absolute atomic E-state index is 0.0739. The number of hydrogen-bond donors (Lipinski definition) is 1. The van der Waals surface area contributed by atoms with E-state index < -0.39 is 0 Å². The monoisotopic (exact) mass is 367 g/mol. The first kappa shape index (κ1) is 17.6. The summed E-state index contributed by atoms with van der Waals surface area (Å²) in [5.41, 5.74) is 9.65. The zero-order valence-corrected chi connectivity index (χ0v) is 17.0. The molecule has 1 N–H and O–H groups in total. The summed E-state index contributed by atoms with van der Waals surface area (Å²) in [6.45, 7) is 4.67. The second-order valence-corrected chi connectivity index (χ2v) is 8.98. The van der Waals surface area contributed by atoms with Gasteiger partial charge in [-0.1, -0.05) is 81.6 Å². The van der Waals surface area contributed by atoms with E-state index in [9.17, 15) is 0 Å². The highest BCUT2D eigenvalue weighted by Crippen LogP contribution is 2.49. The SMILES string of the molecule is CC1(C)c2ccccc2-c2cc(Nc3ccccc3C3CCCCC3)ccc21. The van der Waals surface area contributed by atoms with Crippen LogP contribution in [0.15, 0.2) is 66.7 Å². The normalized spacial score (nSPS) is 17.8. The average molecular weight is 368 g/mol. The number of para-hydroxylation sites is 1. The molecule has 0 aliphatic heterocycles. The molecule has 1 heteroatoms. The molecule has 0 bridgehead atoms. The quantitative estimate of drug-likeness (QED) is 0.498. The van der Waals surface area contributed by atoms with Gasteiger partial charge in [0, 0.05) is 16.8 Å². The van der Waals surface area contributed by atoms with Crippen molar-refractivity contribution in [2.75, 3.05) is 5.32 Å². The Morgan fingerprint density at radius 2 is 1.46 bits per heavy atom. The van der Waals surface area contributed by atoms with Gasteiger partial charge in [0.1, 0.15) is 0 Å². The topological polar surface area (TPSA) is 12.0 Å². The van der Waals surface area contributed by atoms with Crippen LogP contribution in [-0.4, -0.2) is 0 Å². The van der Waals surface area contributed by atoms with Crippen molar-refractivity contribution < 1.29 is 0 Å². The average Bonchev–Trinajstić information content (AvgIpc) is 2.96. The van der Waals surface area contributed by atoms with Crippen LogP contribution in [0.25, 0.3) is 11.1 Å². The molecule has 28 heavy (non-hydrogen) atoms. The second kappa shape index (κ2) is 6.81. The summed E-state index contributed by atoms with van der Waals surface area (Å²) in [5, 5.41) is 3.76. The fraction of sp³-hybridized carbons (Fsp3) is 0.333. The van der Waals surface area contributed by atoms with Gasteiger partial charge in [-0.3, -0.25) is 0 Å². The Labute approximate surface area is 168 Å². The summed E-state index contributed by atoms with van der Waals surface area (Å²) >= 11 is 0. The van der Waals surface area contributed by atoms with Gasteiger partial charge in [0.2, 0.25) is 0 Å². The predicted octanol–water partition coefficient (Wildman–Crippen LogP) is 7.78. The molecule has 0 unspecified atom stereocenters. The third-order valence-corrected chi connectivity index (χ3v) is 6.87. The lowest BCUT2D eigenvalue weighted by Crippen LogP contribution is -2.14. The maximum Gasteiger partial charge on any atom is 0.0419 e. The minimum atomic E-state index is 0.0739. The summed E-state index contributed by atoms with van der Waals surface area (Å²) in [7, 11) is 0. The van der Waals surface area contributed by atoms with Gasteiger partial charge in [0.25, 0.3) is 0 Å². The van der Waals surface area contributed by atoms with Crippen molar-refractivity contribution in [1.82, 2.24) is 0 Å². The van der Waals surface area contributed by atoms with E-state index in [4.69, 9.17) is 0 Å². The van der Waals surface area contributed by atoms with Crippen LogP contribution in [0.3, 0.4) is 0 Å². The van der Waals surface area contributed by atoms with Crippen molar-refractivity contribution in [2.45, 2.75) is 57.3 Å². The van der Waals surface area contributed by atoms with Crippen LogP contribution in [0.5, 0.6) is 0 Å². The van der Waals surface area contributed by atoms with Crippen molar-refractivity contribution >= 4 is 11.4 Å². The number of rotatable bonds is 3. The Morgan fingerprint density at radius 1 is 0.750 bits per heavy atom. The Balaban J connectivity index is 1.51. The first-order chi connectivity index (χ1) is 13.6. The lowest BCUT2D eigenvalue weighted by Gasteiger charge is -2.25. The maximum atomic E-state index is 3.76. The standard InChI is InChI=1S/C27H29N/c1-27(2)24-14-8-6-13-22(24)23-18-20(16-17-25(23)27)28-26-15-9-7-12-21(26)19-10-4-3-5-11-19/h6-9,12-19,28H,3-5,10-11H2,1-2H3. The van der Waals surface area contributed by atoms with Crippen LogP contribution in [0.1, 0.15) is 68.6 Å². The number of fused-ring (bicyclic) bond motifs is 3. The van der Waals surface area contributed by atoms with Crippen LogP contribution in [0.4, 0.5) is 11.4 Å². The second-order valence-electron chi connectivity index (χ2n) is 8.98. The Hall–Kier alpha value is -2.54. The lowest BCUT2D eigenvalue weighted by atomic mass is 9.82. The molecule has 0 heterocycles. The molecule has 0 radical (unpaired) electrons. The molecule has 2 aliphatic rings. The molecule has 0 amide bonds. The number of anilines is 2. The van der Waals surface area contributed by atoms with Crippen LogP contribution in [-0.2, 0) is 5.41 Å². The van der Waals surface area contributed by atoms with Crippen molar-refractivity contribution in [3.05, 3.63) is 83.4 Å². The first-order valence-corrected chi connectivity index (χ1v) is 10.7. The van der Waals surface area contributed by atoms with E-state index in [0.29, 0.717) is 5.92 Å². The van der Waals surface area contributed by atoms with Crippen LogP contribution >= 0.6 is 0 Å². The maximum absolute atomic E-state index is 3.76. The number of hydrogen-bond acceptors (Lipinski definition) is 1. The van der Waals surface area contributed by atoms with Gasteiger partial charge >= 0.3 is 0 Å². The van der Waals surface area contributed by atoms with E-state index in [1.807, 2.05) is 0 Å². The fourth-order valence-corrected chi connectivity index (χ4v) is 5.33.